The van der Waals surface area contributed by atoms with Crippen LogP contribution in [0.2, 0.25) is 0 Å². The molecule has 0 aliphatic carbocycles. The number of pyridine rings is 1. The van der Waals surface area contributed by atoms with Crippen molar-refractivity contribution in [3.05, 3.63) is 23.9 Å². The van der Waals surface area contributed by atoms with Gasteiger partial charge in [-0.05, 0) is 33.8 Å². The molecule has 0 aliphatic heterocycles. The molecule has 0 aliphatic rings. The number of nitrogens with zero attached hydrogens (tertiary/aromatic N) is 1. The molecule has 3 nitrogen and oxygen atoms in total. The first kappa shape index (κ1) is 11.0. The van der Waals surface area contributed by atoms with Crippen molar-refractivity contribution in [3.63, 3.8) is 0 Å². The third-order valence-corrected chi connectivity index (χ3v) is 1.62. The molecule has 0 saturated heterocycles. The van der Waals surface area contributed by atoms with E-state index in [2.05, 4.69) is 4.98 Å². The molecule has 2 N–H and O–H groups in total. The van der Waals surface area contributed by atoms with E-state index in [4.69, 9.17) is 10.5 Å². The lowest BCUT2D eigenvalue weighted by atomic mass is 10.2. The van der Waals surface area contributed by atoms with Gasteiger partial charge in [-0.3, -0.25) is 0 Å². The van der Waals surface area contributed by atoms with E-state index < -0.39 is 0 Å². The van der Waals surface area contributed by atoms with Gasteiger partial charge < -0.3 is 10.5 Å². The van der Waals surface area contributed by atoms with Crippen LogP contribution in [-0.2, 0) is 0 Å². The zero-order valence-corrected chi connectivity index (χ0v) is 9.24. The van der Waals surface area contributed by atoms with Crippen LogP contribution in [0.3, 0.4) is 0 Å². The Morgan fingerprint density at radius 2 is 2.00 bits per heavy atom. The minimum Gasteiger partial charge on any atom is -0.472 e. The first-order valence-electron chi connectivity index (χ1n) is 4.80. The van der Waals surface area contributed by atoms with Gasteiger partial charge in [-0.15, -0.1) is 0 Å². The molecule has 0 aromatic carbocycles. The predicted molar refractivity (Wildman–Crippen MR) is 57.2 cm³/mol. The maximum Gasteiger partial charge on any atom is 0.214 e. The summed E-state index contributed by atoms with van der Waals surface area (Å²) in [4.78, 5) is 4.31. The molecule has 0 radical (unpaired) electrons. The molecule has 0 bridgehead atoms. The van der Waals surface area contributed by atoms with Gasteiger partial charge in [0.15, 0.2) is 0 Å². The van der Waals surface area contributed by atoms with Crippen molar-refractivity contribution in [2.45, 2.75) is 39.3 Å². The van der Waals surface area contributed by atoms with Crippen molar-refractivity contribution in [1.82, 2.24) is 4.98 Å². The number of nitrogens with two attached hydrogens (primary N) is 1. The summed E-state index contributed by atoms with van der Waals surface area (Å²) < 4.78 is 5.63. The van der Waals surface area contributed by atoms with E-state index in [0.29, 0.717) is 5.88 Å². The van der Waals surface area contributed by atoms with Crippen LogP contribution in [0.25, 0.3) is 0 Å². The lowest BCUT2D eigenvalue weighted by Crippen LogP contribution is -2.24. The maximum atomic E-state index is 5.73. The smallest absolute Gasteiger partial charge is 0.214 e. The normalized spacial score (nSPS) is 13.8. The Labute approximate surface area is 85.3 Å². The average Bonchev–Trinajstić information content (AvgIpc) is 2.01. The van der Waals surface area contributed by atoms with Gasteiger partial charge in [0.25, 0.3) is 0 Å². The lowest BCUT2D eigenvalue weighted by Gasteiger charge is -2.20. The molecule has 1 aromatic heterocycles. The highest BCUT2D eigenvalue weighted by atomic mass is 16.5. The molecule has 1 rings (SSSR count). The summed E-state index contributed by atoms with van der Waals surface area (Å²) in [5.74, 6) is 0.632. The highest BCUT2D eigenvalue weighted by molar-refractivity contribution is 5.18. The lowest BCUT2D eigenvalue weighted by molar-refractivity contribution is 0.123. The van der Waals surface area contributed by atoms with Crippen molar-refractivity contribution >= 4 is 0 Å². The highest BCUT2D eigenvalue weighted by Crippen LogP contribution is 2.17. The number of rotatable bonds is 2. The average molecular weight is 194 g/mol. The fourth-order valence-electron chi connectivity index (χ4n) is 1.05. The summed E-state index contributed by atoms with van der Waals surface area (Å²) in [5, 5.41) is 0. The van der Waals surface area contributed by atoms with Gasteiger partial charge in [-0.2, -0.15) is 0 Å². The van der Waals surface area contributed by atoms with E-state index in [0.717, 1.165) is 5.69 Å². The first-order valence-corrected chi connectivity index (χ1v) is 4.80. The molecule has 0 amide bonds. The SMILES string of the molecule is C[C@H](N)c1cccc(OC(C)(C)C)n1. The van der Waals surface area contributed by atoms with Gasteiger partial charge in [-0.1, -0.05) is 6.07 Å². The molecular weight excluding hydrogens is 176 g/mol. The van der Waals surface area contributed by atoms with E-state index in [9.17, 15) is 0 Å². The summed E-state index contributed by atoms with van der Waals surface area (Å²) in [6.07, 6.45) is 0. The molecule has 0 spiro atoms. The van der Waals surface area contributed by atoms with Crippen LogP contribution in [0.1, 0.15) is 39.4 Å². The van der Waals surface area contributed by atoms with Crippen LogP contribution in [0, 0.1) is 0 Å². The third kappa shape index (κ3) is 3.34. The standard InChI is InChI=1S/C11H18N2O/c1-8(12)9-6-5-7-10(13-9)14-11(2,3)4/h5-8H,12H2,1-4H3/t8-/m0/s1. The second-order valence-corrected chi connectivity index (χ2v) is 4.40. The first-order chi connectivity index (χ1) is 6.38. The van der Waals surface area contributed by atoms with Gasteiger partial charge >= 0.3 is 0 Å². The Kier molecular flexibility index (Phi) is 3.11. The van der Waals surface area contributed by atoms with Gasteiger partial charge in [0, 0.05) is 12.1 Å². The quantitative estimate of drug-likeness (QED) is 0.785. The Morgan fingerprint density at radius 3 is 2.50 bits per heavy atom. The van der Waals surface area contributed by atoms with Gasteiger partial charge in [0.1, 0.15) is 5.60 Å². The summed E-state index contributed by atoms with van der Waals surface area (Å²) in [6, 6.07) is 5.60. The third-order valence-electron chi connectivity index (χ3n) is 1.62. The fourth-order valence-corrected chi connectivity index (χ4v) is 1.05. The fraction of sp³-hybridized carbons (Fsp3) is 0.545. The number of hydrogen-bond acceptors (Lipinski definition) is 3. The van der Waals surface area contributed by atoms with E-state index in [1.165, 1.54) is 0 Å². The van der Waals surface area contributed by atoms with Crippen molar-refractivity contribution in [2.24, 2.45) is 5.73 Å². The molecule has 0 saturated carbocycles. The van der Waals surface area contributed by atoms with Gasteiger partial charge in [0.2, 0.25) is 5.88 Å². The molecule has 1 heterocycles. The number of hydrogen-bond donors (Lipinski definition) is 1. The zero-order valence-electron chi connectivity index (χ0n) is 9.24. The van der Waals surface area contributed by atoms with Crippen molar-refractivity contribution in [3.8, 4) is 5.88 Å². The number of ether oxygens (including phenoxy) is 1. The molecule has 78 valence electrons. The molecule has 0 fully saturated rings. The molecule has 0 unspecified atom stereocenters. The minimum atomic E-state index is -0.219. The van der Waals surface area contributed by atoms with Crippen LogP contribution in [0.15, 0.2) is 18.2 Å². The van der Waals surface area contributed by atoms with E-state index >= 15 is 0 Å². The minimum absolute atomic E-state index is 0.0569. The molecule has 1 atom stereocenters. The topological polar surface area (TPSA) is 48.1 Å². The summed E-state index contributed by atoms with van der Waals surface area (Å²) in [7, 11) is 0. The van der Waals surface area contributed by atoms with Crippen LogP contribution in [-0.4, -0.2) is 10.6 Å². The second-order valence-electron chi connectivity index (χ2n) is 4.40. The van der Waals surface area contributed by atoms with Crippen LogP contribution in [0.5, 0.6) is 5.88 Å². The second kappa shape index (κ2) is 3.96. The summed E-state index contributed by atoms with van der Waals surface area (Å²) >= 11 is 0. The predicted octanol–water partition coefficient (Wildman–Crippen LogP) is 2.28. The van der Waals surface area contributed by atoms with Gasteiger partial charge in [0.05, 0.1) is 5.69 Å². The Hall–Kier alpha value is -1.09. The molecular formula is C11H18N2O. The van der Waals surface area contributed by atoms with E-state index in [1.807, 2.05) is 45.9 Å². The summed E-state index contributed by atoms with van der Waals surface area (Å²) in [5.41, 5.74) is 6.36. The molecule has 14 heavy (non-hydrogen) atoms. The maximum absolute atomic E-state index is 5.73. The Bertz CT molecular complexity index is 302. The van der Waals surface area contributed by atoms with Crippen molar-refractivity contribution in [2.75, 3.05) is 0 Å². The van der Waals surface area contributed by atoms with E-state index in [-0.39, 0.29) is 11.6 Å². The molecule has 1 aromatic rings. The zero-order chi connectivity index (χ0) is 10.8. The van der Waals surface area contributed by atoms with Crippen LogP contribution in [0.4, 0.5) is 0 Å². The highest BCUT2D eigenvalue weighted by Gasteiger charge is 2.13. The number of aromatic nitrogens is 1. The molecule has 3 heteroatoms. The Balaban J connectivity index is 2.84. The van der Waals surface area contributed by atoms with Crippen molar-refractivity contribution in [1.29, 1.82) is 0 Å². The van der Waals surface area contributed by atoms with Gasteiger partial charge in [-0.25, -0.2) is 4.98 Å². The summed E-state index contributed by atoms with van der Waals surface area (Å²) in [6.45, 7) is 7.89. The monoisotopic (exact) mass is 194 g/mol. The largest absolute Gasteiger partial charge is 0.472 e. The van der Waals surface area contributed by atoms with Crippen LogP contribution < -0.4 is 10.5 Å². The van der Waals surface area contributed by atoms with Crippen LogP contribution >= 0.6 is 0 Å². The van der Waals surface area contributed by atoms with Crippen molar-refractivity contribution < 1.29 is 4.74 Å². The Morgan fingerprint density at radius 1 is 1.36 bits per heavy atom. The van der Waals surface area contributed by atoms with E-state index in [1.54, 1.807) is 0 Å².